The number of aryl methyl sites for hydroxylation is 1. The van der Waals surface area contributed by atoms with E-state index in [0.29, 0.717) is 12.0 Å². The fourth-order valence-electron chi connectivity index (χ4n) is 3.94. The number of piperidine rings is 1. The summed E-state index contributed by atoms with van der Waals surface area (Å²) < 4.78 is 2.21. The molecule has 5 heteroatoms. The number of aromatic nitrogens is 1. The minimum Gasteiger partial charge on any atom is -0.338 e. The van der Waals surface area contributed by atoms with Gasteiger partial charge in [-0.05, 0) is 63.4 Å². The van der Waals surface area contributed by atoms with Gasteiger partial charge in [-0.3, -0.25) is 4.79 Å². The molecule has 4 nitrogen and oxygen atoms in total. The van der Waals surface area contributed by atoms with Crippen LogP contribution in [0.5, 0.6) is 0 Å². The van der Waals surface area contributed by atoms with Crippen LogP contribution < -0.4 is 5.32 Å². The van der Waals surface area contributed by atoms with E-state index in [2.05, 4.69) is 61.8 Å². The van der Waals surface area contributed by atoms with E-state index in [-0.39, 0.29) is 18.3 Å². The van der Waals surface area contributed by atoms with Crippen molar-refractivity contribution < 1.29 is 4.79 Å². The number of hydrogen-bond donors (Lipinski definition) is 1. The summed E-state index contributed by atoms with van der Waals surface area (Å²) in [6.45, 7) is 10.2. The standard InChI is InChI=1S/C22H31N3O.ClH/c1-15(2)18-7-6-8-20(14-18)25-16(3)13-21(17(25)4)22(26)24-11-9-19(23-5)10-12-24;/h6-8,13-15,19,23H,9-12H2,1-5H3;1H. The van der Waals surface area contributed by atoms with Gasteiger partial charge in [0.1, 0.15) is 0 Å². The second-order valence-corrected chi connectivity index (χ2v) is 7.73. The zero-order valence-corrected chi connectivity index (χ0v) is 17.9. The van der Waals surface area contributed by atoms with E-state index in [0.717, 1.165) is 48.6 Å². The van der Waals surface area contributed by atoms with E-state index in [1.807, 2.05) is 18.0 Å². The first-order chi connectivity index (χ1) is 12.4. The number of nitrogens with one attached hydrogen (secondary N) is 1. The maximum atomic E-state index is 13.1. The lowest BCUT2D eigenvalue weighted by Crippen LogP contribution is -2.44. The van der Waals surface area contributed by atoms with Gasteiger partial charge in [0.2, 0.25) is 0 Å². The first kappa shape index (κ1) is 21.5. The molecule has 2 aromatic rings. The van der Waals surface area contributed by atoms with Crippen LogP contribution in [-0.2, 0) is 0 Å². The average Bonchev–Trinajstić information content (AvgIpc) is 2.95. The Bertz CT molecular complexity index is 789. The molecular formula is C22H32ClN3O. The molecule has 1 N–H and O–H groups in total. The normalized spacial score (nSPS) is 15.1. The molecule has 0 atom stereocenters. The van der Waals surface area contributed by atoms with E-state index < -0.39 is 0 Å². The van der Waals surface area contributed by atoms with Crippen LogP contribution in [0.1, 0.15) is 59.9 Å². The van der Waals surface area contributed by atoms with Crippen molar-refractivity contribution in [1.29, 1.82) is 0 Å². The minimum atomic E-state index is 0. The summed E-state index contributed by atoms with van der Waals surface area (Å²) in [6.07, 6.45) is 2.05. The number of amides is 1. The van der Waals surface area contributed by atoms with Crippen molar-refractivity contribution in [3.8, 4) is 5.69 Å². The van der Waals surface area contributed by atoms with Crippen LogP contribution in [0.25, 0.3) is 5.69 Å². The van der Waals surface area contributed by atoms with Crippen molar-refractivity contribution in [1.82, 2.24) is 14.8 Å². The maximum absolute atomic E-state index is 13.1. The predicted octanol–water partition coefficient (Wildman–Crippen LogP) is 4.46. The van der Waals surface area contributed by atoms with Gasteiger partial charge < -0.3 is 14.8 Å². The molecule has 0 aliphatic carbocycles. The number of nitrogens with zero attached hydrogens (tertiary/aromatic N) is 2. The average molecular weight is 390 g/mol. The maximum Gasteiger partial charge on any atom is 0.255 e. The van der Waals surface area contributed by atoms with Crippen molar-refractivity contribution in [3.63, 3.8) is 0 Å². The predicted molar refractivity (Wildman–Crippen MR) is 115 cm³/mol. The summed E-state index contributed by atoms with van der Waals surface area (Å²) in [7, 11) is 2.00. The molecule has 1 aliphatic heterocycles. The summed E-state index contributed by atoms with van der Waals surface area (Å²) >= 11 is 0. The molecule has 1 aromatic carbocycles. The third-order valence-electron chi connectivity index (χ3n) is 5.65. The highest BCUT2D eigenvalue weighted by Crippen LogP contribution is 2.25. The summed E-state index contributed by atoms with van der Waals surface area (Å²) in [5, 5.41) is 3.32. The van der Waals surface area contributed by atoms with Crippen LogP contribution in [-0.4, -0.2) is 41.6 Å². The van der Waals surface area contributed by atoms with Crippen LogP contribution >= 0.6 is 12.4 Å². The van der Waals surface area contributed by atoms with Gasteiger partial charge in [0, 0.05) is 36.2 Å². The second kappa shape index (κ2) is 8.94. The Morgan fingerprint density at radius 2 is 1.81 bits per heavy atom. The lowest BCUT2D eigenvalue weighted by molar-refractivity contribution is 0.0706. The highest BCUT2D eigenvalue weighted by molar-refractivity contribution is 5.96. The third kappa shape index (κ3) is 4.39. The van der Waals surface area contributed by atoms with Crippen molar-refractivity contribution >= 4 is 18.3 Å². The molecule has 0 radical (unpaired) electrons. The van der Waals surface area contributed by atoms with Gasteiger partial charge in [-0.2, -0.15) is 0 Å². The Morgan fingerprint density at radius 3 is 2.41 bits per heavy atom. The van der Waals surface area contributed by atoms with Crippen molar-refractivity contribution in [3.05, 3.63) is 52.8 Å². The molecule has 27 heavy (non-hydrogen) atoms. The molecule has 1 saturated heterocycles. The molecule has 1 fully saturated rings. The largest absolute Gasteiger partial charge is 0.338 e. The fourth-order valence-corrected chi connectivity index (χ4v) is 3.94. The van der Waals surface area contributed by atoms with Gasteiger partial charge in [0.05, 0.1) is 5.56 Å². The van der Waals surface area contributed by atoms with Crippen molar-refractivity contribution in [2.75, 3.05) is 20.1 Å². The van der Waals surface area contributed by atoms with Gasteiger partial charge in [-0.25, -0.2) is 0 Å². The van der Waals surface area contributed by atoms with Gasteiger partial charge in [-0.15, -0.1) is 12.4 Å². The molecule has 3 rings (SSSR count). The van der Waals surface area contributed by atoms with Crippen LogP contribution in [0.2, 0.25) is 0 Å². The minimum absolute atomic E-state index is 0. The molecule has 0 spiro atoms. The van der Waals surface area contributed by atoms with E-state index in [9.17, 15) is 4.79 Å². The summed E-state index contributed by atoms with van der Waals surface area (Å²) in [6, 6.07) is 11.2. The Balaban J connectivity index is 0.00000261. The van der Waals surface area contributed by atoms with E-state index in [4.69, 9.17) is 0 Å². The Hall–Kier alpha value is -1.78. The monoisotopic (exact) mass is 389 g/mol. The fraction of sp³-hybridized carbons (Fsp3) is 0.500. The lowest BCUT2D eigenvalue weighted by atomic mass is 10.0. The molecule has 148 valence electrons. The molecular weight excluding hydrogens is 358 g/mol. The van der Waals surface area contributed by atoms with Crippen LogP contribution in [0.3, 0.4) is 0 Å². The highest BCUT2D eigenvalue weighted by atomic mass is 35.5. The third-order valence-corrected chi connectivity index (χ3v) is 5.65. The molecule has 1 amide bonds. The van der Waals surface area contributed by atoms with Crippen molar-refractivity contribution in [2.24, 2.45) is 0 Å². The first-order valence-electron chi connectivity index (χ1n) is 9.68. The molecule has 1 aromatic heterocycles. The topological polar surface area (TPSA) is 37.3 Å². The highest BCUT2D eigenvalue weighted by Gasteiger charge is 2.25. The van der Waals surface area contributed by atoms with Gasteiger partial charge in [0.25, 0.3) is 5.91 Å². The first-order valence-corrected chi connectivity index (χ1v) is 9.68. The van der Waals surface area contributed by atoms with E-state index in [1.54, 1.807) is 0 Å². The SMILES string of the molecule is CNC1CCN(C(=O)c2cc(C)n(-c3cccc(C(C)C)c3)c2C)CC1.Cl. The zero-order chi connectivity index (χ0) is 18.8. The van der Waals surface area contributed by atoms with Crippen LogP contribution in [0, 0.1) is 13.8 Å². The molecule has 1 aliphatic rings. The molecule has 0 unspecified atom stereocenters. The Morgan fingerprint density at radius 1 is 1.15 bits per heavy atom. The number of carbonyl (C=O) groups is 1. The number of hydrogen-bond acceptors (Lipinski definition) is 2. The Labute approximate surface area is 169 Å². The number of likely N-dealkylation sites (tertiary alicyclic amines) is 1. The summed E-state index contributed by atoms with van der Waals surface area (Å²) in [4.78, 5) is 15.1. The summed E-state index contributed by atoms with van der Waals surface area (Å²) in [5.41, 5.74) is 5.43. The van der Waals surface area contributed by atoms with Gasteiger partial charge in [-0.1, -0.05) is 26.0 Å². The number of rotatable bonds is 4. The van der Waals surface area contributed by atoms with E-state index >= 15 is 0 Å². The summed E-state index contributed by atoms with van der Waals surface area (Å²) in [5.74, 6) is 0.652. The van der Waals surface area contributed by atoms with Crippen LogP contribution in [0.4, 0.5) is 0 Å². The number of carbonyl (C=O) groups excluding carboxylic acids is 1. The van der Waals surface area contributed by atoms with E-state index in [1.165, 1.54) is 5.56 Å². The molecule has 0 bridgehead atoms. The molecule has 2 heterocycles. The quantitative estimate of drug-likeness (QED) is 0.837. The molecule has 0 saturated carbocycles. The smallest absolute Gasteiger partial charge is 0.255 e. The number of benzene rings is 1. The zero-order valence-electron chi connectivity index (χ0n) is 17.1. The van der Waals surface area contributed by atoms with Crippen LogP contribution in [0.15, 0.2) is 30.3 Å². The Kier molecular flexibility index (Phi) is 7.12. The lowest BCUT2D eigenvalue weighted by Gasteiger charge is -2.31. The van der Waals surface area contributed by atoms with Gasteiger partial charge >= 0.3 is 0 Å². The van der Waals surface area contributed by atoms with Gasteiger partial charge in [0.15, 0.2) is 0 Å². The number of halogens is 1. The second-order valence-electron chi connectivity index (χ2n) is 7.73. The van der Waals surface area contributed by atoms with Crippen molar-refractivity contribution in [2.45, 2.75) is 52.5 Å².